The van der Waals surface area contributed by atoms with Gasteiger partial charge in [0, 0.05) is 13.1 Å². The molecule has 0 aliphatic carbocycles. The van der Waals surface area contributed by atoms with Gasteiger partial charge in [-0.25, -0.2) is 0 Å². The molecule has 1 aliphatic heterocycles. The van der Waals surface area contributed by atoms with E-state index in [0.717, 1.165) is 17.4 Å². The van der Waals surface area contributed by atoms with E-state index in [1.807, 2.05) is 0 Å². The number of Topliss-reactive ketones (excluding diaryl/α,β-unsaturated/α-hetero) is 1. The lowest BCUT2D eigenvalue weighted by Crippen LogP contribution is -2.33. The van der Waals surface area contributed by atoms with E-state index in [2.05, 4.69) is 4.90 Å². The van der Waals surface area contributed by atoms with Crippen molar-refractivity contribution in [1.29, 1.82) is 0 Å². The first kappa shape index (κ1) is 11.0. The molecule has 0 aromatic heterocycles. The Bertz CT molecular complexity index is 200. The summed E-state index contributed by atoms with van der Waals surface area (Å²) in [7, 11) is 0. The number of hydrogen-bond acceptors (Lipinski definition) is 3. The van der Waals surface area contributed by atoms with E-state index in [4.69, 9.17) is 12.2 Å². The predicted octanol–water partition coefficient (Wildman–Crippen LogP) is 2.08. The summed E-state index contributed by atoms with van der Waals surface area (Å²) in [4.78, 5) is 12.9. The molecule has 13 heavy (non-hydrogen) atoms. The highest BCUT2D eigenvalue weighted by Gasteiger charge is 2.13. The third kappa shape index (κ3) is 4.09. The minimum Gasteiger partial charge on any atom is -0.358 e. The zero-order chi connectivity index (χ0) is 9.68. The van der Waals surface area contributed by atoms with Crippen LogP contribution in [-0.2, 0) is 4.79 Å². The SMILES string of the molecule is CC(=O)CSC(=S)N1CCCCC1. The van der Waals surface area contributed by atoms with Crippen LogP contribution in [-0.4, -0.2) is 33.8 Å². The lowest BCUT2D eigenvalue weighted by Gasteiger charge is -2.28. The third-order valence-corrected chi connectivity index (χ3v) is 3.68. The number of ketones is 1. The first-order valence-corrected chi connectivity index (χ1v) is 6.00. The summed E-state index contributed by atoms with van der Waals surface area (Å²) in [5.41, 5.74) is 0. The fourth-order valence-electron chi connectivity index (χ4n) is 1.33. The molecule has 0 aromatic carbocycles. The maximum Gasteiger partial charge on any atom is 0.140 e. The molecule has 4 heteroatoms. The highest BCUT2D eigenvalue weighted by Crippen LogP contribution is 2.15. The second kappa shape index (κ2) is 5.60. The van der Waals surface area contributed by atoms with E-state index in [0.29, 0.717) is 5.75 Å². The molecule has 0 saturated carbocycles. The molecular weight excluding hydrogens is 202 g/mol. The highest BCUT2D eigenvalue weighted by atomic mass is 32.2. The van der Waals surface area contributed by atoms with Crippen molar-refractivity contribution >= 4 is 34.1 Å². The van der Waals surface area contributed by atoms with Gasteiger partial charge in [0.05, 0.1) is 5.75 Å². The summed E-state index contributed by atoms with van der Waals surface area (Å²) >= 11 is 6.73. The van der Waals surface area contributed by atoms with Crippen LogP contribution in [0.4, 0.5) is 0 Å². The quantitative estimate of drug-likeness (QED) is 0.660. The number of piperidine rings is 1. The largest absolute Gasteiger partial charge is 0.358 e. The van der Waals surface area contributed by atoms with Crippen LogP contribution in [0.2, 0.25) is 0 Å². The molecule has 0 N–H and O–H groups in total. The van der Waals surface area contributed by atoms with Crippen LogP contribution in [0, 0.1) is 0 Å². The first-order valence-electron chi connectivity index (χ1n) is 4.61. The van der Waals surface area contributed by atoms with Gasteiger partial charge in [-0.3, -0.25) is 4.79 Å². The van der Waals surface area contributed by atoms with Gasteiger partial charge in [0.1, 0.15) is 10.1 Å². The van der Waals surface area contributed by atoms with E-state index < -0.39 is 0 Å². The standard InChI is InChI=1S/C9H15NOS2/c1-8(11)7-13-9(12)10-5-3-2-4-6-10/h2-7H2,1H3. The number of thioether (sulfide) groups is 1. The molecule has 74 valence electrons. The average Bonchev–Trinajstić information content (AvgIpc) is 2.15. The van der Waals surface area contributed by atoms with Crippen LogP contribution in [0.25, 0.3) is 0 Å². The van der Waals surface area contributed by atoms with Gasteiger partial charge in [-0.2, -0.15) is 0 Å². The molecule has 1 saturated heterocycles. The van der Waals surface area contributed by atoms with Crippen LogP contribution in [0.15, 0.2) is 0 Å². The molecule has 0 atom stereocenters. The number of carbonyl (C=O) groups is 1. The zero-order valence-electron chi connectivity index (χ0n) is 7.91. The fraction of sp³-hybridized carbons (Fsp3) is 0.778. The fourth-order valence-corrected chi connectivity index (χ4v) is 2.38. The molecule has 1 rings (SSSR count). The molecule has 0 aromatic rings. The Hall–Kier alpha value is -0.0900. The molecule has 1 fully saturated rings. The Kier molecular flexibility index (Phi) is 4.73. The average molecular weight is 217 g/mol. The molecule has 0 radical (unpaired) electrons. The van der Waals surface area contributed by atoms with Gasteiger partial charge in [-0.1, -0.05) is 24.0 Å². The molecular formula is C9H15NOS2. The van der Waals surface area contributed by atoms with Gasteiger partial charge in [0.2, 0.25) is 0 Å². The van der Waals surface area contributed by atoms with E-state index in [9.17, 15) is 4.79 Å². The summed E-state index contributed by atoms with van der Waals surface area (Å²) in [6.07, 6.45) is 3.79. The van der Waals surface area contributed by atoms with Crippen molar-refractivity contribution in [2.45, 2.75) is 26.2 Å². The summed E-state index contributed by atoms with van der Waals surface area (Å²) in [6.45, 7) is 3.75. The second-order valence-electron chi connectivity index (χ2n) is 3.30. The first-order chi connectivity index (χ1) is 6.20. The molecule has 1 aliphatic rings. The van der Waals surface area contributed by atoms with Gasteiger partial charge in [0.25, 0.3) is 0 Å². The van der Waals surface area contributed by atoms with Crippen LogP contribution in [0.3, 0.4) is 0 Å². The third-order valence-electron chi connectivity index (χ3n) is 2.01. The van der Waals surface area contributed by atoms with Crippen molar-refractivity contribution in [3.8, 4) is 0 Å². The number of nitrogens with zero attached hydrogens (tertiary/aromatic N) is 1. The van der Waals surface area contributed by atoms with Gasteiger partial charge < -0.3 is 4.90 Å². The Morgan fingerprint density at radius 3 is 2.54 bits per heavy atom. The van der Waals surface area contributed by atoms with E-state index in [-0.39, 0.29) is 5.78 Å². The zero-order valence-corrected chi connectivity index (χ0v) is 9.55. The monoisotopic (exact) mass is 217 g/mol. The molecule has 2 nitrogen and oxygen atoms in total. The van der Waals surface area contributed by atoms with Gasteiger partial charge in [-0.05, 0) is 26.2 Å². The number of thiocarbonyl (C=S) groups is 1. The van der Waals surface area contributed by atoms with Crippen molar-refractivity contribution in [2.24, 2.45) is 0 Å². The Morgan fingerprint density at radius 1 is 1.38 bits per heavy atom. The topological polar surface area (TPSA) is 20.3 Å². The van der Waals surface area contributed by atoms with E-state index in [1.54, 1.807) is 6.92 Å². The van der Waals surface area contributed by atoms with Crippen LogP contribution >= 0.6 is 24.0 Å². The van der Waals surface area contributed by atoms with Crippen LogP contribution in [0.5, 0.6) is 0 Å². The molecule has 1 heterocycles. The maximum absolute atomic E-state index is 10.7. The minimum absolute atomic E-state index is 0.198. The number of hydrogen-bond donors (Lipinski definition) is 0. The normalized spacial score (nSPS) is 17.2. The van der Waals surface area contributed by atoms with Gasteiger partial charge in [0.15, 0.2) is 0 Å². The van der Waals surface area contributed by atoms with Crippen LogP contribution < -0.4 is 0 Å². The number of rotatable bonds is 2. The molecule has 0 spiro atoms. The number of carbonyl (C=O) groups excluding carboxylic acids is 1. The molecule has 0 unspecified atom stereocenters. The van der Waals surface area contributed by atoms with E-state index in [1.165, 1.54) is 31.0 Å². The Morgan fingerprint density at radius 2 is 2.00 bits per heavy atom. The van der Waals surface area contributed by atoms with Gasteiger partial charge in [-0.15, -0.1) is 0 Å². The maximum atomic E-state index is 10.7. The van der Waals surface area contributed by atoms with Crippen molar-refractivity contribution in [3.63, 3.8) is 0 Å². The predicted molar refractivity (Wildman–Crippen MR) is 61.2 cm³/mol. The molecule has 0 bridgehead atoms. The second-order valence-corrected chi connectivity index (χ2v) is 4.91. The smallest absolute Gasteiger partial charge is 0.140 e. The summed E-state index contributed by atoms with van der Waals surface area (Å²) in [5, 5.41) is 0. The lowest BCUT2D eigenvalue weighted by molar-refractivity contribution is -0.114. The minimum atomic E-state index is 0.198. The van der Waals surface area contributed by atoms with Crippen molar-refractivity contribution in [2.75, 3.05) is 18.8 Å². The summed E-state index contributed by atoms with van der Waals surface area (Å²) in [5.74, 6) is 0.722. The highest BCUT2D eigenvalue weighted by molar-refractivity contribution is 8.23. The number of likely N-dealkylation sites (tertiary alicyclic amines) is 1. The summed E-state index contributed by atoms with van der Waals surface area (Å²) < 4.78 is 0.898. The van der Waals surface area contributed by atoms with Crippen molar-refractivity contribution in [3.05, 3.63) is 0 Å². The molecule has 0 amide bonds. The lowest BCUT2D eigenvalue weighted by atomic mass is 10.1. The van der Waals surface area contributed by atoms with Crippen molar-refractivity contribution < 1.29 is 4.79 Å². The Balaban J connectivity index is 2.25. The van der Waals surface area contributed by atoms with Crippen LogP contribution in [0.1, 0.15) is 26.2 Å². The van der Waals surface area contributed by atoms with E-state index >= 15 is 0 Å². The summed E-state index contributed by atoms with van der Waals surface area (Å²) in [6, 6.07) is 0. The van der Waals surface area contributed by atoms with Crippen molar-refractivity contribution in [1.82, 2.24) is 4.90 Å². The van der Waals surface area contributed by atoms with Gasteiger partial charge >= 0.3 is 0 Å². The Labute approximate surface area is 89.1 Å².